The highest BCUT2D eigenvalue weighted by atomic mass is 79.9. The molecule has 0 saturated heterocycles. The number of nitrogens with one attached hydrogen (secondary N) is 1. The summed E-state index contributed by atoms with van der Waals surface area (Å²) in [5.74, 6) is -0.142. The van der Waals surface area contributed by atoms with Crippen LogP contribution in [0, 0.1) is 0 Å². The third-order valence-corrected chi connectivity index (χ3v) is 3.73. The van der Waals surface area contributed by atoms with Crippen LogP contribution in [0.4, 0.5) is 11.4 Å². The van der Waals surface area contributed by atoms with Gasteiger partial charge in [-0.05, 0) is 36.2 Å². The number of hydrogen-bond donors (Lipinski definition) is 1. The standard InChI is InChI=1S/C16H13BrN2O/c1-2-10-8-11(17)9-13-14(10)19-16(20)15(13)18-12-6-4-3-5-7-12/h3-9H,2H2,1H3,(H,18,19,20). The Morgan fingerprint density at radius 1 is 1.20 bits per heavy atom. The van der Waals surface area contributed by atoms with Crippen molar-refractivity contribution in [3.8, 4) is 0 Å². The van der Waals surface area contributed by atoms with E-state index in [0.717, 1.165) is 33.4 Å². The molecule has 3 nitrogen and oxygen atoms in total. The number of aryl methyl sites for hydroxylation is 1. The van der Waals surface area contributed by atoms with Crippen molar-refractivity contribution in [3.63, 3.8) is 0 Å². The first-order chi connectivity index (χ1) is 9.69. The predicted molar refractivity (Wildman–Crippen MR) is 84.8 cm³/mol. The molecule has 2 aromatic carbocycles. The van der Waals surface area contributed by atoms with E-state index in [4.69, 9.17) is 0 Å². The van der Waals surface area contributed by atoms with Gasteiger partial charge in [0.05, 0.1) is 11.4 Å². The number of halogens is 1. The maximum Gasteiger partial charge on any atom is 0.275 e. The number of anilines is 1. The lowest BCUT2D eigenvalue weighted by atomic mass is 10.0. The van der Waals surface area contributed by atoms with E-state index in [2.05, 4.69) is 33.2 Å². The molecule has 20 heavy (non-hydrogen) atoms. The molecule has 0 unspecified atom stereocenters. The van der Waals surface area contributed by atoms with Gasteiger partial charge in [-0.25, -0.2) is 4.99 Å². The fraction of sp³-hybridized carbons (Fsp3) is 0.125. The summed E-state index contributed by atoms with van der Waals surface area (Å²) < 4.78 is 0.963. The van der Waals surface area contributed by atoms with Gasteiger partial charge in [-0.15, -0.1) is 0 Å². The summed E-state index contributed by atoms with van der Waals surface area (Å²) in [6.07, 6.45) is 0.862. The van der Waals surface area contributed by atoms with Gasteiger partial charge in [-0.1, -0.05) is 41.1 Å². The molecule has 0 fully saturated rings. The Bertz CT molecular complexity index is 708. The van der Waals surface area contributed by atoms with Crippen LogP contribution in [-0.2, 0) is 11.2 Å². The Morgan fingerprint density at radius 2 is 1.95 bits per heavy atom. The molecule has 0 saturated carbocycles. The fourth-order valence-electron chi connectivity index (χ4n) is 2.31. The van der Waals surface area contributed by atoms with E-state index in [1.54, 1.807) is 0 Å². The van der Waals surface area contributed by atoms with E-state index in [1.807, 2.05) is 42.5 Å². The molecule has 3 rings (SSSR count). The molecule has 100 valence electrons. The maximum atomic E-state index is 12.2. The number of benzene rings is 2. The Kier molecular flexibility index (Phi) is 3.40. The Hall–Kier alpha value is -1.94. The topological polar surface area (TPSA) is 41.5 Å². The first-order valence-electron chi connectivity index (χ1n) is 6.47. The minimum absolute atomic E-state index is 0.142. The number of rotatable bonds is 2. The molecule has 0 spiro atoms. The van der Waals surface area contributed by atoms with Crippen molar-refractivity contribution in [1.82, 2.24) is 0 Å². The number of carbonyl (C=O) groups excluding carboxylic acids is 1. The molecule has 2 aromatic rings. The molecule has 0 aromatic heterocycles. The minimum Gasteiger partial charge on any atom is -0.320 e. The van der Waals surface area contributed by atoms with Crippen LogP contribution in [0.3, 0.4) is 0 Å². The van der Waals surface area contributed by atoms with Crippen molar-refractivity contribution in [1.29, 1.82) is 0 Å². The van der Waals surface area contributed by atoms with Gasteiger partial charge in [0, 0.05) is 10.0 Å². The summed E-state index contributed by atoms with van der Waals surface area (Å²) in [4.78, 5) is 16.6. The summed E-state index contributed by atoms with van der Waals surface area (Å²) in [7, 11) is 0. The third kappa shape index (κ3) is 2.27. The zero-order valence-electron chi connectivity index (χ0n) is 11.0. The summed E-state index contributed by atoms with van der Waals surface area (Å²) in [6, 6.07) is 13.5. The van der Waals surface area contributed by atoms with Crippen molar-refractivity contribution in [2.75, 3.05) is 5.32 Å². The minimum atomic E-state index is -0.142. The first kappa shape index (κ1) is 13.1. The molecular formula is C16H13BrN2O. The van der Waals surface area contributed by atoms with Crippen LogP contribution in [0.25, 0.3) is 0 Å². The van der Waals surface area contributed by atoms with Crippen molar-refractivity contribution in [3.05, 3.63) is 58.1 Å². The Labute approximate surface area is 125 Å². The van der Waals surface area contributed by atoms with E-state index >= 15 is 0 Å². The second kappa shape index (κ2) is 5.21. The molecule has 1 heterocycles. The van der Waals surface area contributed by atoms with Crippen molar-refractivity contribution >= 4 is 38.9 Å². The normalized spacial score (nSPS) is 15.3. The zero-order valence-corrected chi connectivity index (χ0v) is 12.6. The second-order valence-electron chi connectivity index (χ2n) is 4.59. The van der Waals surface area contributed by atoms with Gasteiger partial charge in [-0.2, -0.15) is 0 Å². The number of hydrogen-bond acceptors (Lipinski definition) is 2. The highest BCUT2D eigenvalue weighted by Gasteiger charge is 2.28. The van der Waals surface area contributed by atoms with Crippen LogP contribution in [-0.4, -0.2) is 11.6 Å². The van der Waals surface area contributed by atoms with Gasteiger partial charge in [0.2, 0.25) is 0 Å². The molecule has 0 aliphatic carbocycles. The average Bonchev–Trinajstić information content (AvgIpc) is 2.76. The molecule has 1 amide bonds. The van der Waals surface area contributed by atoms with Gasteiger partial charge < -0.3 is 5.32 Å². The number of aliphatic imine (C=N–C) groups is 1. The summed E-state index contributed by atoms with van der Waals surface area (Å²) in [5, 5.41) is 2.92. The van der Waals surface area contributed by atoms with Gasteiger partial charge in [-0.3, -0.25) is 4.79 Å². The van der Waals surface area contributed by atoms with Crippen LogP contribution < -0.4 is 5.32 Å². The quantitative estimate of drug-likeness (QED) is 0.886. The lowest BCUT2D eigenvalue weighted by Gasteiger charge is -2.06. The lowest BCUT2D eigenvalue weighted by Crippen LogP contribution is -2.14. The predicted octanol–water partition coefficient (Wildman–Crippen LogP) is 4.08. The van der Waals surface area contributed by atoms with E-state index in [9.17, 15) is 4.79 Å². The third-order valence-electron chi connectivity index (χ3n) is 3.27. The first-order valence-corrected chi connectivity index (χ1v) is 7.26. The molecule has 1 N–H and O–H groups in total. The molecule has 4 heteroatoms. The largest absolute Gasteiger partial charge is 0.320 e. The maximum absolute atomic E-state index is 12.2. The number of amides is 1. The monoisotopic (exact) mass is 328 g/mol. The zero-order chi connectivity index (χ0) is 14.1. The van der Waals surface area contributed by atoms with Crippen LogP contribution >= 0.6 is 15.9 Å². The summed E-state index contributed by atoms with van der Waals surface area (Å²) in [6.45, 7) is 2.07. The van der Waals surface area contributed by atoms with Gasteiger partial charge in [0.1, 0.15) is 5.71 Å². The van der Waals surface area contributed by atoms with E-state index in [1.165, 1.54) is 0 Å². The van der Waals surface area contributed by atoms with Crippen LogP contribution in [0.1, 0.15) is 18.1 Å². The highest BCUT2D eigenvalue weighted by Crippen LogP contribution is 2.32. The SMILES string of the molecule is CCc1cc(Br)cc2c1NC(=O)C2=Nc1ccccc1. The molecule has 0 bridgehead atoms. The van der Waals surface area contributed by atoms with Crippen LogP contribution in [0.5, 0.6) is 0 Å². The van der Waals surface area contributed by atoms with E-state index < -0.39 is 0 Å². The summed E-state index contributed by atoms with van der Waals surface area (Å²) in [5.41, 5.74) is 4.12. The van der Waals surface area contributed by atoms with Crippen molar-refractivity contribution in [2.24, 2.45) is 4.99 Å². The molecule has 1 aliphatic rings. The van der Waals surface area contributed by atoms with Gasteiger partial charge in [0.25, 0.3) is 5.91 Å². The summed E-state index contributed by atoms with van der Waals surface area (Å²) >= 11 is 3.50. The average molecular weight is 329 g/mol. The smallest absolute Gasteiger partial charge is 0.275 e. The van der Waals surface area contributed by atoms with Crippen LogP contribution in [0.15, 0.2) is 51.9 Å². The lowest BCUT2D eigenvalue weighted by molar-refractivity contribution is -0.110. The fourth-order valence-corrected chi connectivity index (χ4v) is 2.82. The highest BCUT2D eigenvalue weighted by molar-refractivity contribution is 9.10. The van der Waals surface area contributed by atoms with Gasteiger partial charge in [0.15, 0.2) is 0 Å². The van der Waals surface area contributed by atoms with Crippen molar-refractivity contribution < 1.29 is 4.79 Å². The number of nitrogens with zero attached hydrogens (tertiary/aromatic N) is 1. The van der Waals surface area contributed by atoms with Crippen molar-refractivity contribution in [2.45, 2.75) is 13.3 Å². The second-order valence-corrected chi connectivity index (χ2v) is 5.51. The molecule has 0 atom stereocenters. The molecule has 0 radical (unpaired) electrons. The van der Waals surface area contributed by atoms with Gasteiger partial charge >= 0.3 is 0 Å². The number of carbonyl (C=O) groups is 1. The van der Waals surface area contributed by atoms with Crippen LogP contribution in [0.2, 0.25) is 0 Å². The van der Waals surface area contributed by atoms with E-state index in [0.29, 0.717) is 5.71 Å². The van der Waals surface area contributed by atoms with E-state index in [-0.39, 0.29) is 5.91 Å². The molecular weight excluding hydrogens is 316 g/mol. The Balaban J connectivity index is 2.15. The number of para-hydroxylation sites is 1. The Morgan fingerprint density at radius 3 is 2.65 bits per heavy atom. The number of fused-ring (bicyclic) bond motifs is 1. The molecule has 1 aliphatic heterocycles.